The molecule has 1 saturated carbocycles. The molecule has 1 amide bonds. The molecule has 1 fully saturated rings. The van der Waals surface area contributed by atoms with Crippen molar-refractivity contribution in [3.8, 4) is 0 Å². The zero-order valence-electron chi connectivity index (χ0n) is 14.2. The first kappa shape index (κ1) is 20.0. The molecular formula is C20H20ClFINOS. The maximum Gasteiger partial charge on any atom is 0.255 e. The summed E-state index contributed by atoms with van der Waals surface area (Å²) in [4.78, 5) is 13.7. The van der Waals surface area contributed by atoms with E-state index in [0.29, 0.717) is 16.5 Å². The number of anilines is 1. The molecule has 2 aromatic rings. The highest BCUT2D eigenvalue weighted by atomic mass is 127. The third-order valence-electron chi connectivity index (χ3n) is 4.47. The van der Waals surface area contributed by atoms with Gasteiger partial charge in [-0.3, -0.25) is 4.79 Å². The molecule has 0 radical (unpaired) electrons. The quantitative estimate of drug-likeness (QED) is 0.354. The normalized spacial score (nSPS) is 15.5. The fourth-order valence-electron chi connectivity index (χ4n) is 3.05. The Morgan fingerprint density at radius 3 is 2.54 bits per heavy atom. The van der Waals surface area contributed by atoms with E-state index in [1.54, 1.807) is 0 Å². The summed E-state index contributed by atoms with van der Waals surface area (Å²) < 4.78 is 14.4. The molecule has 0 spiro atoms. The van der Waals surface area contributed by atoms with Gasteiger partial charge in [0.25, 0.3) is 5.91 Å². The molecule has 0 saturated heterocycles. The molecule has 2 nitrogen and oxygen atoms in total. The van der Waals surface area contributed by atoms with E-state index < -0.39 is 5.82 Å². The third-order valence-corrected chi connectivity index (χ3v) is 7.46. The zero-order valence-corrected chi connectivity index (χ0v) is 18.0. The Hall–Kier alpha value is -0.790. The molecule has 0 atom stereocenters. The highest BCUT2D eigenvalue weighted by Gasteiger charge is 2.17. The van der Waals surface area contributed by atoms with Gasteiger partial charge in [0, 0.05) is 25.0 Å². The van der Waals surface area contributed by atoms with E-state index in [1.165, 1.54) is 60.3 Å². The second-order valence-electron chi connectivity index (χ2n) is 6.46. The zero-order chi connectivity index (χ0) is 18.5. The van der Waals surface area contributed by atoms with E-state index in [9.17, 15) is 9.18 Å². The van der Waals surface area contributed by atoms with Gasteiger partial charge in [0.05, 0.1) is 5.02 Å². The summed E-state index contributed by atoms with van der Waals surface area (Å²) in [5.41, 5.74) is 1.08. The molecule has 2 aromatic carbocycles. The topological polar surface area (TPSA) is 29.1 Å². The molecule has 1 N–H and O–H groups in total. The van der Waals surface area contributed by atoms with E-state index in [4.69, 9.17) is 11.6 Å². The standard InChI is InChI=1S/C20H20ClFINOS/c21-16-12-14(8-9-17(16)22)24-20(25)13-7-10-18(23)19(11-13)26-15-5-3-1-2-4-6-15/h7-12,15H,1-6H2,(H,24,25). The van der Waals surface area contributed by atoms with Crippen molar-refractivity contribution in [3.63, 3.8) is 0 Å². The summed E-state index contributed by atoms with van der Waals surface area (Å²) in [5, 5.41) is 3.41. The third kappa shape index (κ3) is 5.36. The molecule has 26 heavy (non-hydrogen) atoms. The minimum atomic E-state index is -0.499. The summed E-state index contributed by atoms with van der Waals surface area (Å²) in [5.74, 6) is -0.715. The molecule has 0 heterocycles. The summed E-state index contributed by atoms with van der Waals surface area (Å²) in [6.07, 6.45) is 7.73. The average molecular weight is 504 g/mol. The monoisotopic (exact) mass is 503 g/mol. The fraction of sp³-hybridized carbons (Fsp3) is 0.350. The molecule has 3 rings (SSSR count). The number of nitrogens with one attached hydrogen (secondary N) is 1. The van der Waals surface area contributed by atoms with Crippen molar-refractivity contribution >= 4 is 57.5 Å². The van der Waals surface area contributed by atoms with Crippen molar-refractivity contribution in [1.82, 2.24) is 0 Å². The van der Waals surface area contributed by atoms with Crippen molar-refractivity contribution < 1.29 is 9.18 Å². The summed E-state index contributed by atoms with van der Waals surface area (Å²) in [6.45, 7) is 0. The van der Waals surface area contributed by atoms with Crippen LogP contribution in [0.1, 0.15) is 48.9 Å². The SMILES string of the molecule is O=C(Nc1ccc(F)c(Cl)c1)c1ccc(I)c(SC2CCCCCC2)c1. The van der Waals surface area contributed by atoms with Crippen molar-refractivity contribution in [3.05, 3.63) is 56.4 Å². The second-order valence-corrected chi connectivity index (χ2v) is 9.37. The van der Waals surface area contributed by atoms with Gasteiger partial charge in [-0.1, -0.05) is 37.3 Å². The van der Waals surface area contributed by atoms with Crippen LogP contribution >= 0.6 is 46.0 Å². The van der Waals surface area contributed by atoms with Crippen LogP contribution < -0.4 is 5.32 Å². The molecule has 0 unspecified atom stereocenters. The Morgan fingerprint density at radius 2 is 1.85 bits per heavy atom. The molecule has 0 bridgehead atoms. The lowest BCUT2D eigenvalue weighted by Gasteiger charge is -2.15. The Bertz CT molecular complexity index is 793. The fourth-order valence-corrected chi connectivity index (χ4v) is 5.25. The highest BCUT2D eigenvalue weighted by Crippen LogP contribution is 2.35. The van der Waals surface area contributed by atoms with Crippen LogP contribution in [-0.4, -0.2) is 11.2 Å². The van der Waals surface area contributed by atoms with Crippen LogP contribution in [0.4, 0.5) is 10.1 Å². The van der Waals surface area contributed by atoms with Gasteiger partial charge in [-0.15, -0.1) is 11.8 Å². The van der Waals surface area contributed by atoms with Crippen LogP contribution in [0.3, 0.4) is 0 Å². The first-order valence-corrected chi connectivity index (χ1v) is 11.1. The van der Waals surface area contributed by atoms with Gasteiger partial charge in [0.1, 0.15) is 5.82 Å². The van der Waals surface area contributed by atoms with Crippen LogP contribution in [0.15, 0.2) is 41.3 Å². The average Bonchev–Trinajstić information content (AvgIpc) is 2.89. The number of thioether (sulfide) groups is 1. The predicted octanol–water partition coefficient (Wildman–Crippen LogP) is 7.15. The molecule has 0 aliphatic heterocycles. The maximum absolute atomic E-state index is 13.3. The van der Waals surface area contributed by atoms with Crippen LogP contribution in [0.25, 0.3) is 0 Å². The van der Waals surface area contributed by atoms with Crippen molar-refractivity contribution in [2.24, 2.45) is 0 Å². The smallest absolute Gasteiger partial charge is 0.255 e. The maximum atomic E-state index is 13.3. The molecule has 6 heteroatoms. The van der Waals surface area contributed by atoms with Gasteiger partial charge in [-0.05, 0) is 71.8 Å². The number of rotatable bonds is 4. The van der Waals surface area contributed by atoms with Crippen LogP contribution in [0.2, 0.25) is 5.02 Å². The van der Waals surface area contributed by atoms with Gasteiger partial charge in [-0.25, -0.2) is 4.39 Å². The van der Waals surface area contributed by atoms with E-state index in [0.717, 1.165) is 4.90 Å². The first-order chi connectivity index (χ1) is 12.5. The second kappa shape index (κ2) is 9.42. The van der Waals surface area contributed by atoms with Gasteiger partial charge in [0.15, 0.2) is 0 Å². The highest BCUT2D eigenvalue weighted by molar-refractivity contribution is 14.1. The Balaban J connectivity index is 1.73. The summed E-state index contributed by atoms with van der Waals surface area (Å²) >= 11 is 10.00. The number of carbonyl (C=O) groups excluding carboxylic acids is 1. The van der Waals surface area contributed by atoms with Gasteiger partial charge in [0.2, 0.25) is 0 Å². The van der Waals surface area contributed by atoms with Crippen LogP contribution in [0.5, 0.6) is 0 Å². The molecule has 138 valence electrons. The van der Waals surface area contributed by atoms with Crippen molar-refractivity contribution in [2.75, 3.05) is 5.32 Å². The van der Waals surface area contributed by atoms with Crippen molar-refractivity contribution in [1.29, 1.82) is 0 Å². The largest absolute Gasteiger partial charge is 0.322 e. The molecule has 0 aromatic heterocycles. The molecular weight excluding hydrogens is 484 g/mol. The minimum Gasteiger partial charge on any atom is -0.322 e. The van der Waals surface area contributed by atoms with Crippen LogP contribution in [-0.2, 0) is 0 Å². The minimum absolute atomic E-state index is 0.00461. The number of benzene rings is 2. The van der Waals surface area contributed by atoms with E-state index in [2.05, 4.69) is 27.9 Å². The predicted molar refractivity (Wildman–Crippen MR) is 116 cm³/mol. The van der Waals surface area contributed by atoms with Crippen molar-refractivity contribution in [2.45, 2.75) is 48.7 Å². The number of hydrogen-bond donors (Lipinski definition) is 1. The Morgan fingerprint density at radius 1 is 1.12 bits per heavy atom. The first-order valence-electron chi connectivity index (χ1n) is 8.75. The van der Waals surface area contributed by atoms with E-state index >= 15 is 0 Å². The number of hydrogen-bond acceptors (Lipinski definition) is 2. The van der Waals surface area contributed by atoms with Crippen LogP contribution in [0, 0.1) is 9.39 Å². The Kier molecular flexibility index (Phi) is 7.23. The number of carbonyl (C=O) groups is 1. The molecule has 1 aliphatic carbocycles. The van der Waals surface area contributed by atoms with Gasteiger partial charge < -0.3 is 5.32 Å². The Labute approximate surface area is 176 Å². The van der Waals surface area contributed by atoms with Gasteiger partial charge >= 0.3 is 0 Å². The van der Waals surface area contributed by atoms with E-state index in [-0.39, 0.29) is 10.9 Å². The summed E-state index contributed by atoms with van der Waals surface area (Å²) in [6, 6.07) is 9.93. The number of halogens is 3. The lowest BCUT2D eigenvalue weighted by molar-refractivity contribution is 0.102. The lowest BCUT2D eigenvalue weighted by atomic mass is 10.2. The molecule has 1 aliphatic rings. The van der Waals surface area contributed by atoms with E-state index in [1.807, 2.05) is 30.0 Å². The number of amides is 1. The lowest BCUT2D eigenvalue weighted by Crippen LogP contribution is -2.12. The van der Waals surface area contributed by atoms with Gasteiger partial charge in [-0.2, -0.15) is 0 Å². The summed E-state index contributed by atoms with van der Waals surface area (Å²) in [7, 11) is 0.